The van der Waals surface area contributed by atoms with Gasteiger partial charge in [-0.15, -0.1) is 0 Å². The van der Waals surface area contributed by atoms with Crippen molar-refractivity contribution in [3.63, 3.8) is 0 Å². The third-order valence-electron chi connectivity index (χ3n) is 7.01. The quantitative estimate of drug-likeness (QED) is 0.205. The van der Waals surface area contributed by atoms with Gasteiger partial charge in [0.05, 0.1) is 5.69 Å². The van der Waals surface area contributed by atoms with E-state index >= 15 is 0 Å². The van der Waals surface area contributed by atoms with Crippen molar-refractivity contribution in [1.82, 2.24) is 0 Å². The zero-order valence-electron chi connectivity index (χ0n) is 22.3. The van der Waals surface area contributed by atoms with E-state index in [4.69, 9.17) is 0 Å². The molecule has 39 heavy (non-hydrogen) atoms. The maximum Gasteiger partial charge on any atom is 0.0539 e. The third kappa shape index (κ3) is 6.17. The second kappa shape index (κ2) is 12.1. The Morgan fingerprint density at radius 3 is 2.18 bits per heavy atom. The van der Waals surface area contributed by atoms with Crippen LogP contribution in [0.15, 0.2) is 170 Å². The Hall–Kier alpha value is -4.88. The summed E-state index contributed by atoms with van der Waals surface area (Å²) in [7, 11) is 0. The summed E-state index contributed by atoms with van der Waals surface area (Å²) in [5.74, 6) is 0. The number of hydrogen-bond donors (Lipinski definition) is 0. The second-order valence-electron chi connectivity index (χ2n) is 9.66. The minimum Gasteiger partial charge on any atom is -0.310 e. The van der Waals surface area contributed by atoms with Crippen LogP contribution in [0.2, 0.25) is 0 Å². The van der Waals surface area contributed by atoms with Gasteiger partial charge in [0.1, 0.15) is 0 Å². The number of nitrogens with zero attached hydrogens (tertiary/aromatic N) is 1. The molecule has 0 unspecified atom stereocenters. The van der Waals surface area contributed by atoms with Crippen LogP contribution in [0.4, 0.5) is 11.4 Å². The molecule has 0 aliphatic heterocycles. The van der Waals surface area contributed by atoms with Crippen LogP contribution in [0, 0.1) is 0 Å². The maximum absolute atomic E-state index is 4.43. The molecule has 4 aromatic rings. The first kappa shape index (κ1) is 25.8. The van der Waals surface area contributed by atoms with Gasteiger partial charge in [-0.1, -0.05) is 135 Å². The predicted octanol–water partition coefficient (Wildman–Crippen LogP) is 10.6. The van der Waals surface area contributed by atoms with Crippen LogP contribution >= 0.6 is 0 Å². The molecule has 0 heterocycles. The molecule has 0 bridgehead atoms. The molecule has 0 N–H and O–H groups in total. The van der Waals surface area contributed by atoms with Crippen LogP contribution in [-0.2, 0) is 0 Å². The van der Waals surface area contributed by atoms with Gasteiger partial charge in [-0.3, -0.25) is 0 Å². The standard InChI is InChI=1S/C38H33N/c1-4-31-21-25-33(26-22-31)34-27-23-32(24-28-34)20-18-29(2)17-19-30(3)39(36-13-6-5-7-14-36)38-16-10-12-35-11-8-9-15-37(35)38/h4-21,23-25,27-28H,1-3,22,26H2/b19-17-,20-18+. The van der Waals surface area contributed by atoms with Gasteiger partial charge in [0.2, 0.25) is 0 Å². The fraction of sp³-hybridized carbons (Fsp3) is 0.0526. The molecule has 0 aromatic heterocycles. The van der Waals surface area contributed by atoms with Crippen LogP contribution in [0.3, 0.4) is 0 Å². The molecular formula is C38H33N. The fourth-order valence-electron chi connectivity index (χ4n) is 4.85. The summed E-state index contributed by atoms with van der Waals surface area (Å²) in [6.07, 6.45) is 16.6. The molecule has 190 valence electrons. The number of benzene rings is 4. The van der Waals surface area contributed by atoms with Gasteiger partial charge in [-0.05, 0) is 70.3 Å². The molecule has 0 atom stereocenters. The van der Waals surface area contributed by atoms with Crippen molar-refractivity contribution in [2.24, 2.45) is 0 Å². The fourth-order valence-corrected chi connectivity index (χ4v) is 4.85. The first-order valence-corrected chi connectivity index (χ1v) is 13.3. The summed E-state index contributed by atoms with van der Waals surface area (Å²) in [5.41, 5.74) is 9.03. The smallest absolute Gasteiger partial charge is 0.0539 e. The number of hydrogen-bond acceptors (Lipinski definition) is 1. The highest BCUT2D eigenvalue weighted by Gasteiger charge is 2.14. The van der Waals surface area contributed by atoms with Gasteiger partial charge in [0.25, 0.3) is 0 Å². The van der Waals surface area contributed by atoms with E-state index in [9.17, 15) is 0 Å². The Morgan fingerprint density at radius 2 is 1.44 bits per heavy atom. The molecule has 0 fully saturated rings. The van der Waals surface area contributed by atoms with Crippen LogP contribution in [0.5, 0.6) is 0 Å². The highest BCUT2D eigenvalue weighted by molar-refractivity contribution is 5.97. The zero-order chi connectivity index (χ0) is 27.0. The molecular weight excluding hydrogens is 470 g/mol. The molecule has 0 saturated heterocycles. The Morgan fingerprint density at radius 1 is 0.692 bits per heavy atom. The molecule has 0 spiro atoms. The highest BCUT2D eigenvalue weighted by atomic mass is 15.1. The van der Waals surface area contributed by atoms with Crippen molar-refractivity contribution in [2.45, 2.75) is 12.8 Å². The van der Waals surface area contributed by atoms with E-state index in [1.54, 1.807) is 0 Å². The summed E-state index contributed by atoms with van der Waals surface area (Å²) in [6.45, 7) is 12.5. The average molecular weight is 504 g/mol. The minimum atomic E-state index is 0.867. The number of anilines is 2. The Bertz CT molecular complexity index is 1620. The lowest BCUT2D eigenvalue weighted by molar-refractivity contribution is 1.01. The van der Waals surface area contributed by atoms with Crippen molar-refractivity contribution in [3.05, 3.63) is 181 Å². The van der Waals surface area contributed by atoms with Crippen LogP contribution in [0.1, 0.15) is 24.0 Å². The molecule has 5 rings (SSSR count). The molecule has 1 aliphatic rings. The van der Waals surface area contributed by atoms with Crippen molar-refractivity contribution in [1.29, 1.82) is 0 Å². The first-order valence-electron chi connectivity index (χ1n) is 13.3. The highest BCUT2D eigenvalue weighted by Crippen LogP contribution is 2.35. The number of rotatable bonds is 9. The van der Waals surface area contributed by atoms with Crippen LogP contribution in [-0.4, -0.2) is 0 Å². The lowest BCUT2D eigenvalue weighted by Crippen LogP contribution is -2.14. The molecule has 0 saturated carbocycles. The second-order valence-corrected chi connectivity index (χ2v) is 9.66. The molecule has 1 aliphatic carbocycles. The minimum absolute atomic E-state index is 0.867. The molecule has 0 amide bonds. The third-order valence-corrected chi connectivity index (χ3v) is 7.01. The van der Waals surface area contributed by atoms with E-state index in [0.717, 1.165) is 41.1 Å². The van der Waals surface area contributed by atoms with Crippen molar-refractivity contribution in [3.8, 4) is 0 Å². The first-order chi connectivity index (χ1) is 19.1. The summed E-state index contributed by atoms with van der Waals surface area (Å²) in [5, 5.41) is 2.38. The maximum atomic E-state index is 4.43. The van der Waals surface area contributed by atoms with E-state index in [0.29, 0.717) is 0 Å². The topological polar surface area (TPSA) is 3.24 Å². The van der Waals surface area contributed by atoms with E-state index in [2.05, 4.69) is 134 Å². The van der Waals surface area contributed by atoms with Gasteiger partial charge >= 0.3 is 0 Å². The van der Waals surface area contributed by atoms with E-state index in [1.165, 1.54) is 27.5 Å². The lowest BCUT2D eigenvalue weighted by Gasteiger charge is -2.27. The molecule has 0 radical (unpaired) electrons. The summed E-state index contributed by atoms with van der Waals surface area (Å²) < 4.78 is 0. The van der Waals surface area contributed by atoms with E-state index < -0.39 is 0 Å². The molecule has 1 heteroatoms. The molecule has 4 aromatic carbocycles. The van der Waals surface area contributed by atoms with Crippen molar-refractivity contribution >= 4 is 33.8 Å². The van der Waals surface area contributed by atoms with Crippen molar-refractivity contribution < 1.29 is 0 Å². The van der Waals surface area contributed by atoms with Crippen LogP contribution in [0.25, 0.3) is 22.4 Å². The van der Waals surface area contributed by atoms with Gasteiger partial charge in [-0.25, -0.2) is 0 Å². The SMILES string of the molecule is C=CC1=CC=C(c2ccc(/C=C/C(=C)/C=C\C(=C)N(c3ccccc3)c3cccc4ccccc34)cc2)CC1. The predicted molar refractivity (Wildman–Crippen MR) is 171 cm³/mol. The van der Waals surface area contributed by atoms with Gasteiger partial charge in [0.15, 0.2) is 0 Å². The largest absolute Gasteiger partial charge is 0.310 e. The number of allylic oxidation sites excluding steroid dienone is 9. The van der Waals surface area contributed by atoms with Crippen LogP contribution < -0.4 is 4.90 Å². The zero-order valence-corrected chi connectivity index (χ0v) is 22.3. The Kier molecular flexibility index (Phi) is 8.00. The normalized spacial score (nSPS) is 13.3. The average Bonchev–Trinajstić information content (AvgIpc) is 3.00. The monoisotopic (exact) mass is 503 g/mol. The van der Waals surface area contributed by atoms with Crippen molar-refractivity contribution in [2.75, 3.05) is 4.90 Å². The number of para-hydroxylation sites is 1. The molecule has 1 nitrogen and oxygen atoms in total. The Labute approximate surface area is 232 Å². The van der Waals surface area contributed by atoms with E-state index in [1.807, 2.05) is 30.4 Å². The van der Waals surface area contributed by atoms with E-state index in [-0.39, 0.29) is 0 Å². The summed E-state index contributed by atoms with van der Waals surface area (Å²) >= 11 is 0. The Balaban J connectivity index is 1.32. The van der Waals surface area contributed by atoms with Gasteiger partial charge < -0.3 is 4.90 Å². The van der Waals surface area contributed by atoms with Gasteiger partial charge in [-0.2, -0.15) is 0 Å². The number of fused-ring (bicyclic) bond motifs is 1. The lowest BCUT2D eigenvalue weighted by atomic mass is 9.93. The van der Waals surface area contributed by atoms with Gasteiger partial charge in [0, 0.05) is 16.8 Å². The summed E-state index contributed by atoms with van der Waals surface area (Å²) in [4.78, 5) is 2.20. The summed E-state index contributed by atoms with van der Waals surface area (Å²) in [6, 6.07) is 33.9.